The summed E-state index contributed by atoms with van der Waals surface area (Å²) in [6.45, 7) is 0.350. The number of hydrogen-bond acceptors (Lipinski definition) is 3. The Balaban J connectivity index is 1.93. The van der Waals surface area contributed by atoms with Gasteiger partial charge in [0.1, 0.15) is 5.60 Å². The van der Waals surface area contributed by atoms with Gasteiger partial charge in [0, 0.05) is 35.4 Å². The fourth-order valence-corrected chi connectivity index (χ4v) is 2.45. The molecule has 5 heteroatoms. The van der Waals surface area contributed by atoms with Crippen molar-refractivity contribution in [3.05, 3.63) is 89.7 Å². The smallest absolute Gasteiger partial charge is 0.127 e. The van der Waals surface area contributed by atoms with Gasteiger partial charge in [0.15, 0.2) is 0 Å². The van der Waals surface area contributed by atoms with Crippen LogP contribution in [0, 0.1) is 0 Å². The van der Waals surface area contributed by atoms with Crippen LogP contribution in [-0.4, -0.2) is 19.6 Å². The van der Waals surface area contributed by atoms with Gasteiger partial charge in [-0.05, 0) is 29.8 Å². The molecule has 0 radical (unpaired) electrons. The van der Waals surface area contributed by atoms with Crippen LogP contribution in [-0.2, 0) is 12.1 Å². The molecule has 0 spiro atoms. The van der Waals surface area contributed by atoms with Crippen LogP contribution in [0.15, 0.2) is 73.6 Å². The number of rotatable bonds is 5. The van der Waals surface area contributed by atoms with Crippen molar-refractivity contribution in [2.75, 3.05) is 0 Å². The van der Waals surface area contributed by atoms with E-state index in [4.69, 9.17) is 11.6 Å². The first-order valence-corrected chi connectivity index (χ1v) is 7.57. The summed E-state index contributed by atoms with van der Waals surface area (Å²) in [4.78, 5) is 8.14. The van der Waals surface area contributed by atoms with Gasteiger partial charge in [-0.3, -0.25) is 4.98 Å². The Labute approximate surface area is 139 Å². The van der Waals surface area contributed by atoms with Crippen molar-refractivity contribution in [2.45, 2.75) is 12.1 Å². The normalized spacial score (nSPS) is 14.0. The first kappa shape index (κ1) is 15.5. The van der Waals surface area contributed by atoms with E-state index in [1.54, 1.807) is 31.0 Å². The molecule has 3 aromatic rings. The van der Waals surface area contributed by atoms with Crippen LogP contribution >= 0.6 is 11.6 Å². The van der Waals surface area contributed by atoms with Crippen molar-refractivity contribution in [2.24, 2.45) is 0 Å². The maximum Gasteiger partial charge on any atom is 0.127 e. The van der Waals surface area contributed by atoms with Crippen molar-refractivity contribution in [3.63, 3.8) is 0 Å². The molecule has 2 heterocycles. The first-order valence-electron chi connectivity index (χ1n) is 7.19. The molecule has 0 saturated heterocycles. The predicted molar refractivity (Wildman–Crippen MR) is 90.8 cm³/mol. The lowest BCUT2D eigenvalue weighted by Gasteiger charge is -2.25. The van der Waals surface area contributed by atoms with Gasteiger partial charge in [-0.1, -0.05) is 35.9 Å². The molecule has 0 saturated carbocycles. The minimum Gasteiger partial charge on any atom is -0.379 e. The van der Waals surface area contributed by atoms with E-state index in [-0.39, 0.29) is 0 Å². The van der Waals surface area contributed by atoms with E-state index in [1.807, 2.05) is 53.2 Å². The lowest BCUT2D eigenvalue weighted by Crippen LogP contribution is -2.28. The third-order valence-electron chi connectivity index (χ3n) is 3.57. The quantitative estimate of drug-likeness (QED) is 0.780. The summed E-state index contributed by atoms with van der Waals surface area (Å²) < 4.78 is 1.83. The number of aliphatic hydroxyl groups is 1. The highest BCUT2D eigenvalue weighted by molar-refractivity contribution is 6.30. The highest BCUT2D eigenvalue weighted by atomic mass is 35.5. The molecule has 1 N–H and O–H groups in total. The molecule has 2 aromatic heterocycles. The van der Waals surface area contributed by atoms with Crippen molar-refractivity contribution in [3.8, 4) is 0 Å². The van der Waals surface area contributed by atoms with Crippen LogP contribution in [0.25, 0.3) is 6.08 Å². The molecular formula is C18H16ClN3O. The number of halogens is 1. The van der Waals surface area contributed by atoms with Crippen molar-refractivity contribution < 1.29 is 5.11 Å². The Morgan fingerprint density at radius 1 is 1.13 bits per heavy atom. The average Bonchev–Trinajstić information content (AvgIpc) is 3.08. The van der Waals surface area contributed by atoms with Gasteiger partial charge in [-0.2, -0.15) is 0 Å². The van der Waals surface area contributed by atoms with Crippen LogP contribution in [0.2, 0.25) is 5.02 Å². The van der Waals surface area contributed by atoms with Gasteiger partial charge >= 0.3 is 0 Å². The SMILES string of the molecule is O[C@](/C=C\c1ccc(Cl)cc1)(Cn1ccnc1)c1cccnc1. The molecule has 23 heavy (non-hydrogen) atoms. The summed E-state index contributed by atoms with van der Waals surface area (Å²) in [5, 5.41) is 11.9. The topological polar surface area (TPSA) is 50.9 Å². The van der Waals surface area contributed by atoms with Gasteiger partial charge in [0.2, 0.25) is 0 Å². The third-order valence-corrected chi connectivity index (χ3v) is 3.82. The lowest BCUT2D eigenvalue weighted by molar-refractivity contribution is 0.0701. The minimum absolute atomic E-state index is 0.350. The molecular weight excluding hydrogens is 310 g/mol. The highest BCUT2D eigenvalue weighted by Crippen LogP contribution is 2.25. The Morgan fingerprint density at radius 3 is 2.61 bits per heavy atom. The zero-order chi connectivity index (χ0) is 16.1. The Hall–Kier alpha value is -2.43. The van der Waals surface area contributed by atoms with E-state index in [0.29, 0.717) is 11.6 Å². The zero-order valence-electron chi connectivity index (χ0n) is 12.4. The number of aromatic nitrogens is 3. The summed E-state index contributed by atoms with van der Waals surface area (Å²) in [6, 6.07) is 11.1. The van der Waals surface area contributed by atoms with Crippen LogP contribution in [0.4, 0.5) is 0 Å². The van der Waals surface area contributed by atoms with E-state index in [2.05, 4.69) is 9.97 Å². The van der Waals surface area contributed by atoms with Gasteiger partial charge in [-0.15, -0.1) is 0 Å². The van der Waals surface area contributed by atoms with Crippen LogP contribution < -0.4 is 0 Å². The second kappa shape index (κ2) is 6.77. The van der Waals surface area contributed by atoms with Crippen LogP contribution in [0.1, 0.15) is 11.1 Å². The molecule has 1 aromatic carbocycles. The summed E-state index contributed by atoms with van der Waals surface area (Å²) in [5.41, 5.74) is 0.496. The fraction of sp³-hybridized carbons (Fsp3) is 0.111. The molecule has 1 atom stereocenters. The van der Waals surface area contributed by atoms with Crippen molar-refractivity contribution >= 4 is 17.7 Å². The highest BCUT2D eigenvalue weighted by Gasteiger charge is 2.27. The minimum atomic E-state index is -1.19. The maximum absolute atomic E-state index is 11.2. The predicted octanol–water partition coefficient (Wildman–Crippen LogP) is 3.53. The van der Waals surface area contributed by atoms with Gasteiger partial charge in [0.25, 0.3) is 0 Å². The zero-order valence-corrected chi connectivity index (χ0v) is 13.1. The molecule has 3 rings (SSSR count). The average molecular weight is 326 g/mol. The molecule has 4 nitrogen and oxygen atoms in total. The molecule has 116 valence electrons. The van der Waals surface area contributed by atoms with Gasteiger partial charge < -0.3 is 9.67 Å². The number of pyridine rings is 1. The monoisotopic (exact) mass is 325 g/mol. The molecule has 0 bridgehead atoms. The van der Waals surface area contributed by atoms with E-state index in [0.717, 1.165) is 11.1 Å². The second-order valence-electron chi connectivity index (χ2n) is 5.29. The first-order chi connectivity index (χ1) is 11.2. The largest absolute Gasteiger partial charge is 0.379 e. The van der Waals surface area contributed by atoms with E-state index in [1.165, 1.54) is 0 Å². The van der Waals surface area contributed by atoms with Crippen molar-refractivity contribution in [1.82, 2.24) is 14.5 Å². The van der Waals surface area contributed by atoms with Gasteiger partial charge in [-0.25, -0.2) is 4.98 Å². The maximum atomic E-state index is 11.2. The van der Waals surface area contributed by atoms with Gasteiger partial charge in [0.05, 0.1) is 12.9 Å². The number of nitrogens with zero attached hydrogens (tertiary/aromatic N) is 3. The number of hydrogen-bond donors (Lipinski definition) is 1. The molecule has 0 aliphatic heterocycles. The van der Waals surface area contributed by atoms with E-state index in [9.17, 15) is 5.11 Å². The summed E-state index contributed by atoms with van der Waals surface area (Å²) in [7, 11) is 0. The van der Waals surface area contributed by atoms with E-state index >= 15 is 0 Å². The Bertz CT molecular complexity index is 770. The summed E-state index contributed by atoms with van der Waals surface area (Å²) in [6.07, 6.45) is 12.2. The molecule has 0 unspecified atom stereocenters. The fourth-order valence-electron chi connectivity index (χ4n) is 2.33. The molecule has 0 fully saturated rings. The summed E-state index contributed by atoms with van der Waals surface area (Å²) in [5.74, 6) is 0. The number of imidazole rings is 1. The van der Waals surface area contributed by atoms with Crippen LogP contribution in [0.5, 0.6) is 0 Å². The Kier molecular flexibility index (Phi) is 4.55. The Morgan fingerprint density at radius 2 is 1.96 bits per heavy atom. The molecule has 0 aliphatic rings. The molecule has 0 amide bonds. The van der Waals surface area contributed by atoms with E-state index < -0.39 is 5.60 Å². The lowest BCUT2D eigenvalue weighted by atomic mass is 9.93. The van der Waals surface area contributed by atoms with Crippen molar-refractivity contribution in [1.29, 1.82) is 0 Å². The second-order valence-corrected chi connectivity index (χ2v) is 5.72. The van der Waals surface area contributed by atoms with Crippen LogP contribution in [0.3, 0.4) is 0 Å². The molecule has 0 aliphatic carbocycles. The number of benzene rings is 1. The summed E-state index contributed by atoms with van der Waals surface area (Å²) >= 11 is 5.90. The third kappa shape index (κ3) is 3.86. The standard InChI is InChI=1S/C18H16ClN3O/c19-17-5-3-15(4-6-17)7-8-18(23,13-22-11-10-21-14-22)16-2-1-9-20-12-16/h1-12,14,23H,13H2/b8-7-/t18-/m1/s1.